The number of ketones is 1. The molecule has 0 unspecified atom stereocenters. The van der Waals surface area contributed by atoms with Crippen LogP contribution in [0.4, 0.5) is 5.69 Å². The minimum absolute atomic E-state index is 0.0838. The standard InChI is InChI=1S/C23H22N2O3S/c1-23(2,3)25-21(27)17-15-11-10-13-7-4-5-8-14(13)24(15)19(18(17)22(25)28)20(26)16-9-6-12-29-16/h4-12,15,17-19H,1-3H3/t15-,17-,18-,19-/m0/s1. The number of anilines is 1. The topological polar surface area (TPSA) is 57.7 Å². The van der Waals surface area contributed by atoms with Crippen molar-refractivity contribution in [3.63, 3.8) is 0 Å². The number of para-hydroxylation sites is 1. The van der Waals surface area contributed by atoms with Gasteiger partial charge in [0.05, 0.1) is 22.8 Å². The van der Waals surface area contributed by atoms with Crippen molar-refractivity contribution in [1.82, 2.24) is 4.90 Å². The summed E-state index contributed by atoms with van der Waals surface area (Å²) < 4.78 is 0. The minimum atomic E-state index is -0.682. The van der Waals surface area contributed by atoms with Crippen molar-refractivity contribution in [2.24, 2.45) is 11.8 Å². The number of amides is 2. The Morgan fingerprint density at radius 2 is 1.72 bits per heavy atom. The van der Waals surface area contributed by atoms with Gasteiger partial charge in [0, 0.05) is 11.2 Å². The van der Waals surface area contributed by atoms with Gasteiger partial charge in [-0.3, -0.25) is 19.3 Å². The molecule has 0 N–H and O–H groups in total. The van der Waals surface area contributed by atoms with Crippen LogP contribution in [0.2, 0.25) is 0 Å². The number of Topliss-reactive ketones (excluding diaryl/α,β-unsaturated/α-hetero) is 1. The van der Waals surface area contributed by atoms with E-state index in [0.29, 0.717) is 4.88 Å². The number of hydrogen-bond donors (Lipinski definition) is 0. The summed E-state index contributed by atoms with van der Waals surface area (Å²) in [4.78, 5) is 44.5. The molecule has 5 nitrogen and oxygen atoms in total. The molecule has 2 fully saturated rings. The van der Waals surface area contributed by atoms with Gasteiger partial charge in [0.1, 0.15) is 6.04 Å². The van der Waals surface area contributed by atoms with Crippen molar-refractivity contribution in [3.05, 3.63) is 58.3 Å². The fourth-order valence-electron chi connectivity index (χ4n) is 5.04. The first-order valence-electron chi connectivity index (χ1n) is 9.82. The normalized spacial score (nSPS) is 27.8. The highest BCUT2D eigenvalue weighted by molar-refractivity contribution is 7.12. The monoisotopic (exact) mass is 406 g/mol. The molecular formula is C23H22N2O3S. The number of rotatable bonds is 2. The van der Waals surface area contributed by atoms with Gasteiger partial charge in [-0.15, -0.1) is 11.3 Å². The number of carbonyl (C=O) groups excluding carboxylic acids is 3. The summed E-state index contributed by atoms with van der Waals surface area (Å²) in [6.45, 7) is 5.59. The van der Waals surface area contributed by atoms with Crippen LogP contribution in [0, 0.1) is 11.8 Å². The molecule has 3 aliphatic heterocycles. The summed E-state index contributed by atoms with van der Waals surface area (Å²) in [5.74, 6) is -1.70. The summed E-state index contributed by atoms with van der Waals surface area (Å²) in [6.07, 6.45) is 3.99. The summed E-state index contributed by atoms with van der Waals surface area (Å²) >= 11 is 1.38. The molecule has 2 saturated heterocycles. The number of benzene rings is 1. The zero-order chi connectivity index (χ0) is 20.5. The molecule has 2 amide bonds. The van der Waals surface area contributed by atoms with Crippen molar-refractivity contribution < 1.29 is 14.4 Å². The number of carbonyl (C=O) groups is 3. The second-order valence-electron chi connectivity index (χ2n) is 8.84. The summed E-state index contributed by atoms with van der Waals surface area (Å²) in [7, 11) is 0. The van der Waals surface area contributed by atoms with Gasteiger partial charge in [-0.25, -0.2) is 0 Å². The zero-order valence-corrected chi connectivity index (χ0v) is 17.3. The Labute approximate surface area is 173 Å². The largest absolute Gasteiger partial charge is 0.352 e. The quantitative estimate of drug-likeness (QED) is 0.565. The van der Waals surface area contributed by atoms with Gasteiger partial charge in [0.2, 0.25) is 11.8 Å². The average molecular weight is 407 g/mol. The first-order valence-corrected chi connectivity index (χ1v) is 10.7. The number of likely N-dealkylation sites (tertiary alicyclic amines) is 1. The van der Waals surface area contributed by atoms with Crippen LogP contribution >= 0.6 is 11.3 Å². The van der Waals surface area contributed by atoms with Gasteiger partial charge in [0.15, 0.2) is 5.78 Å². The molecule has 1 aromatic carbocycles. The van der Waals surface area contributed by atoms with Crippen LogP contribution in [-0.2, 0) is 9.59 Å². The highest BCUT2D eigenvalue weighted by Crippen LogP contribution is 2.50. The highest BCUT2D eigenvalue weighted by Gasteiger charge is 2.65. The Kier molecular flexibility index (Phi) is 3.87. The second kappa shape index (κ2) is 6.13. The summed E-state index contributed by atoms with van der Waals surface area (Å²) in [5, 5.41) is 1.87. The van der Waals surface area contributed by atoms with Crippen LogP contribution in [0.3, 0.4) is 0 Å². The van der Waals surface area contributed by atoms with E-state index in [-0.39, 0.29) is 23.6 Å². The molecule has 4 atom stereocenters. The van der Waals surface area contributed by atoms with Crippen molar-refractivity contribution in [2.75, 3.05) is 4.90 Å². The fourth-order valence-corrected chi connectivity index (χ4v) is 5.74. The molecule has 0 radical (unpaired) electrons. The molecule has 0 aliphatic carbocycles. The van der Waals surface area contributed by atoms with E-state index in [2.05, 4.69) is 0 Å². The van der Waals surface area contributed by atoms with E-state index in [1.54, 1.807) is 6.07 Å². The van der Waals surface area contributed by atoms with Crippen LogP contribution < -0.4 is 4.90 Å². The fraction of sp³-hybridized carbons (Fsp3) is 0.348. The molecule has 2 aromatic rings. The van der Waals surface area contributed by atoms with Gasteiger partial charge in [-0.05, 0) is 43.8 Å². The maximum Gasteiger partial charge on any atom is 0.236 e. The molecule has 29 heavy (non-hydrogen) atoms. The number of nitrogens with zero attached hydrogens (tertiary/aromatic N) is 2. The Hall–Kier alpha value is -2.73. The third-order valence-electron chi connectivity index (χ3n) is 6.12. The van der Waals surface area contributed by atoms with Gasteiger partial charge < -0.3 is 4.90 Å². The maximum absolute atomic E-state index is 13.6. The van der Waals surface area contributed by atoms with Crippen LogP contribution in [0.5, 0.6) is 0 Å². The Morgan fingerprint density at radius 3 is 2.41 bits per heavy atom. The first kappa shape index (κ1) is 18.3. The Bertz CT molecular complexity index is 1050. The average Bonchev–Trinajstić information content (AvgIpc) is 3.37. The van der Waals surface area contributed by atoms with Gasteiger partial charge in [-0.2, -0.15) is 0 Å². The summed E-state index contributed by atoms with van der Waals surface area (Å²) in [6, 6.07) is 10.5. The van der Waals surface area contributed by atoms with Gasteiger partial charge in [0.25, 0.3) is 0 Å². The highest BCUT2D eigenvalue weighted by atomic mass is 32.1. The molecule has 148 valence electrons. The molecule has 5 rings (SSSR count). The molecule has 0 spiro atoms. The lowest BCUT2D eigenvalue weighted by Crippen LogP contribution is -2.52. The maximum atomic E-state index is 13.6. The van der Waals surface area contributed by atoms with E-state index < -0.39 is 23.4 Å². The van der Waals surface area contributed by atoms with Crippen LogP contribution in [-0.4, -0.2) is 40.1 Å². The molecule has 3 aliphatic rings. The number of hydrogen-bond acceptors (Lipinski definition) is 5. The molecule has 0 bridgehead atoms. The number of fused-ring (bicyclic) bond motifs is 5. The van der Waals surface area contributed by atoms with Crippen molar-refractivity contribution in [1.29, 1.82) is 0 Å². The van der Waals surface area contributed by atoms with Crippen molar-refractivity contribution in [2.45, 2.75) is 38.4 Å². The van der Waals surface area contributed by atoms with Gasteiger partial charge >= 0.3 is 0 Å². The predicted octanol–water partition coefficient (Wildman–Crippen LogP) is 3.61. The zero-order valence-electron chi connectivity index (χ0n) is 16.5. The van der Waals surface area contributed by atoms with Crippen LogP contribution in [0.1, 0.15) is 36.0 Å². The van der Waals surface area contributed by atoms with Crippen molar-refractivity contribution >= 4 is 40.7 Å². The predicted molar refractivity (Wildman–Crippen MR) is 113 cm³/mol. The van der Waals surface area contributed by atoms with E-state index in [9.17, 15) is 14.4 Å². The number of thiophene rings is 1. The van der Waals surface area contributed by atoms with Gasteiger partial charge in [-0.1, -0.05) is 36.4 Å². The molecule has 6 heteroatoms. The third-order valence-corrected chi connectivity index (χ3v) is 7.00. The molecule has 4 heterocycles. The van der Waals surface area contributed by atoms with Crippen molar-refractivity contribution in [3.8, 4) is 0 Å². The molecule has 1 aromatic heterocycles. The SMILES string of the molecule is CC(C)(C)N1C(=O)[C@@H]2[C@H](C1=O)[C@@H](C(=O)c1cccs1)N1c3ccccc3C=C[C@@H]21. The lowest BCUT2D eigenvalue weighted by atomic mass is 9.87. The van der Waals surface area contributed by atoms with E-state index in [0.717, 1.165) is 11.3 Å². The molecular weight excluding hydrogens is 384 g/mol. The lowest BCUT2D eigenvalue weighted by molar-refractivity contribution is -0.145. The second-order valence-corrected chi connectivity index (χ2v) is 9.78. The van der Waals surface area contributed by atoms with Crippen LogP contribution in [0.15, 0.2) is 47.9 Å². The van der Waals surface area contributed by atoms with E-state index in [1.165, 1.54) is 16.2 Å². The van der Waals surface area contributed by atoms with Crippen LogP contribution in [0.25, 0.3) is 6.08 Å². The van der Waals surface area contributed by atoms with E-state index in [4.69, 9.17) is 0 Å². The smallest absolute Gasteiger partial charge is 0.236 e. The number of imide groups is 1. The molecule has 0 saturated carbocycles. The third kappa shape index (κ3) is 2.48. The van der Waals surface area contributed by atoms with E-state index >= 15 is 0 Å². The summed E-state index contributed by atoms with van der Waals surface area (Å²) in [5.41, 5.74) is 1.29. The lowest BCUT2D eigenvalue weighted by Gasteiger charge is -2.38. The first-order chi connectivity index (χ1) is 13.8. The minimum Gasteiger partial charge on any atom is -0.352 e. The van der Waals surface area contributed by atoms with E-state index in [1.807, 2.05) is 73.5 Å². The Morgan fingerprint density at radius 1 is 1.00 bits per heavy atom. The Balaban J connectivity index is 1.68.